The Balaban J connectivity index is 2.39. The maximum atomic E-state index is 13.4. The number of nitrogens with zero attached hydrogens (tertiary/aromatic N) is 2. The first-order chi connectivity index (χ1) is 10.0. The third-order valence-corrected chi connectivity index (χ3v) is 3.35. The normalized spacial score (nSPS) is 10.8. The molecule has 1 aromatic heterocycles. The zero-order valence-corrected chi connectivity index (χ0v) is 11.1. The van der Waals surface area contributed by atoms with Crippen LogP contribution in [0.2, 0.25) is 0 Å². The number of hydrogen-bond acceptors (Lipinski definition) is 2. The number of fused-ring (bicyclic) bond motifs is 1. The van der Waals surface area contributed by atoms with E-state index in [9.17, 15) is 13.2 Å². The summed E-state index contributed by atoms with van der Waals surface area (Å²) in [5.41, 5.74) is 1.32. The van der Waals surface area contributed by atoms with Gasteiger partial charge in [0.1, 0.15) is 6.07 Å². The van der Waals surface area contributed by atoms with Crippen molar-refractivity contribution >= 4 is 23.3 Å². The van der Waals surface area contributed by atoms with Gasteiger partial charge in [0, 0.05) is 12.1 Å². The third-order valence-electron chi connectivity index (χ3n) is 3.07. The van der Waals surface area contributed by atoms with Gasteiger partial charge in [-0.05, 0) is 24.4 Å². The average molecular weight is 305 g/mol. The highest BCUT2D eigenvalue weighted by molar-refractivity contribution is 7.71. The number of benzene rings is 2. The summed E-state index contributed by atoms with van der Waals surface area (Å²) in [5.74, 6) is -4.15. The molecule has 104 valence electrons. The van der Waals surface area contributed by atoms with Crippen LogP contribution in [0.5, 0.6) is 0 Å². The highest BCUT2D eigenvalue weighted by atomic mass is 32.1. The lowest BCUT2D eigenvalue weighted by atomic mass is 10.2. The van der Waals surface area contributed by atoms with Gasteiger partial charge in [-0.15, -0.1) is 0 Å². The van der Waals surface area contributed by atoms with Gasteiger partial charge in [-0.25, -0.2) is 13.2 Å². The molecule has 3 rings (SSSR count). The van der Waals surface area contributed by atoms with Crippen LogP contribution in [0.15, 0.2) is 30.3 Å². The van der Waals surface area contributed by atoms with Crippen molar-refractivity contribution in [3.05, 3.63) is 58.1 Å². The molecule has 0 spiro atoms. The molecule has 0 unspecified atom stereocenters. The van der Waals surface area contributed by atoms with E-state index in [-0.39, 0.29) is 10.5 Å². The fraction of sp³-hybridized carbons (Fsp3) is 0. The first-order valence-corrected chi connectivity index (χ1v) is 6.22. The van der Waals surface area contributed by atoms with Gasteiger partial charge in [-0.1, -0.05) is 6.07 Å². The molecule has 1 heterocycles. The minimum absolute atomic E-state index is 0.0396. The highest BCUT2D eigenvalue weighted by Gasteiger charge is 2.15. The summed E-state index contributed by atoms with van der Waals surface area (Å²) in [7, 11) is 0. The first kappa shape index (κ1) is 13.4. The summed E-state index contributed by atoms with van der Waals surface area (Å²) in [6.45, 7) is 0. The summed E-state index contributed by atoms with van der Waals surface area (Å²) in [4.78, 5) is 2.82. The van der Waals surface area contributed by atoms with E-state index in [1.54, 1.807) is 18.2 Å². The SMILES string of the molecule is N#Cc1cccc2c1[nH]c(=S)n2-c1cc(F)c(F)c(F)c1. The van der Waals surface area contributed by atoms with E-state index >= 15 is 0 Å². The van der Waals surface area contributed by atoms with Gasteiger partial charge in [-0.2, -0.15) is 5.26 Å². The predicted molar refractivity (Wildman–Crippen MR) is 73.0 cm³/mol. The molecule has 0 saturated carbocycles. The van der Waals surface area contributed by atoms with Crippen molar-refractivity contribution in [3.63, 3.8) is 0 Å². The zero-order chi connectivity index (χ0) is 15.1. The molecule has 3 nitrogen and oxygen atoms in total. The molecule has 0 fully saturated rings. The molecule has 0 radical (unpaired) electrons. The summed E-state index contributed by atoms with van der Waals surface area (Å²) < 4.78 is 41.3. The van der Waals surface area contributed by atoms with Crippen LogP contribution in [0.3, 0.4) is 0 Å². The van der Waals surface area contributed by atoms with E-state index in [1.165, 1.54) is 4.57 Å². The molecular formula is C14H6F3N3S. The lowest BCUT2D eigenvalue weighted by Crippen LogP contribution is -1.99. The predicted octanol–water partition coefficient (Wildman–Crippen LogP) is 3.98. The van der Waals surface area contributed by atoms with Crippen molar-refractivity contribution < 1.29 is 13.2 Å². The number of nitriles is 1. The van der Waals surface area contributed by atoms with Crippen molar-refractivity contribution in [1.29, 1.82) is 5.26 Å². The van der Waals surface area contributed by atoms with Gasteiger partial charge >= 0.3 is 0 Å². The number of halogens is 3. The summed E-state index contributed by atoms with van der Waals surface area (Å²) >= 11 is 5.12. The molecule has 7 heteroatoms. The molecule has 2 aromatic carbocycles. The monoisotopic (exact) mass is 305 g/mol. The van der Waals surface area contributed by atoms with Gasteiger partial charge in [0.2, 0.25) is 0 Å². The number of rotatable bonds is 1. The number of H-pyrrole nitrogens is 1. The van der Waals surface area contributed by atoms with Crippen LogP contribution in [-0.2, 0) is 0 Å². The van der Waals surface area contributed by atoms with Crippen LogP contribution >= 0.6 is 12.2 Å². The van der Waals surface area contributed by atoms with Gasteiger partial charge < -0.3 is 4.98 Å². The fourth-order valence-corrected chi connectivity index (χ4v) is 2.46. The lowest BCUT2D eigenvalue weighted by Gasteiger charge is -2.06. The largest absolute Gasteiger partial charge is 0.329 e. The number of aromatic nitrogens is 2. The van der Waals surface area contributed by atoms with Gasteiger partial charge in [0.25, 0.3) is 0 Å². The Labute approximate surface area is 121 Å². The second-order valence-electron chi connectivity index (χ2n) is 4.30. The summed E-state index contributed by atoms with van der Waals surface area (Å²) in [5, 5.41) is 9.05. The molecule has 0 aliphatic carbocycles. The van der Waals surface area contributed by atoms with Crippen molar-refractivity contribution in [1.82, 2.24) is 9.55 Å². The molecule has 0 saturated heterocycles. The molecule has 21 heavy (non-hydrogen) atoms. The second-order valence-corrected chi connectivity index (χ2v) is 4.69. The van der Waals surface area contributed by atoms with Crippen molar-refractivity contribution in [2.75, 3.05) is 0 Å². The average Bonchev–Trinajstić information content (AvgIpc) is 2.80. The topological polar surface area (TPSA) is 44.5 Å². The molecule has 0 bridgehead atoms. The molecule has 0 aliphatic heterocycles. The van der Waals surface area contributed by atoms with E-state index in [4.69, 9.17) is 17.5 Å². The Morgan fingerprint density at radius 2 is 1.81 bits per heavy atom. The van der Waals surface area contributed by atoms with Crippen LogP contribution in [-0.4, -0.2) is 9.55 Å². The van der Waals surface area contributed by atoms with Crippen molar-refractivity contribution in [2.24, 2.45) is 0 Å². The molecule has 0 aliphatic rings. The third kappa shape index (κ3) is 2.00. The van der Waals surface area contributed by atoms with E-state index in [1.807, 2.05) is 6.07 Å². The Morgan fingerprint density at radius 1 is 1.14 bits per heavy atom. The lowest BCUT2D eigenvalue weighted by molar-refractivity contribution is 0.446. The number of imidazole rings is 1. The quantitative estimate of drug-likeness (QED) is 0.546. The maximum Gasteiger partial charge on any atom is 0.194 e. The minimum atomic E-state index is -1.54. The molecule has 0 amide bonds. The number of hydrogen-bond donors (Lipinski definition) is 1. The first-order valence-electron chi connectivity index (χ1n) is 5.81. The van der Waals surface area contributed by atoms with Crippen LogP contribution < -0.4 is 0 Å². The number of aromatic amines is 1. The minimum Gasteiger partial charge on any atom is -0.329 e. The van der Waals surface area contributed by atoms with Gasteiger partial charge in [-0.3, -0.25) is 4.57 Å². The number of nitrogens with one attached hydrogen (secondary N) is 1. The molecular weight excluding hydrogens is 299 g/mol. The van der Waals surface area contributed by atoms with E-state index in [0.717, 1.165) is 12.1 Å². The van der Waals surface area contributed by atoms with Crippen molar-refractivity contribution in [2.45, 2.75) is 0 Å². The second kappa shape index (κ2) is 4.75. The van der Waals surface area contributed by atoms with E-state index < -0.39 is 17.5 Å². The van der Waals surface area contributed by atoms with Crippen LogP contribution in [0.25, 0.3) is 16.7 Å². The van der Waals surface area contributed by atoms with E-state index in [0.29, 0.717) is 16.6 Å². The summed E-state index contributed by atoms with van der Waals surface area (Å²) in [6, 6.07) is 8.54. The Kier molecular flexibility index (Phi) is 3.03. The van der Waals surface area contributed by atoms with Gasteiger partial charge in [0.15, 0.2) is 22.2 Å². The van der Waals surface area contributed by atoms with Crippen LogP contribution in [0, 0.1) is 33.6 Å². The van der Waals surface area contributed by atoms with Crippen molar-refractivity contribution in [3.8, 4) is 11.8 Å². The molecule has 1 N–H and O–H groups in total. The van der Waals surface area contributed by atoms with Crippen LogP contribution in [0.1, 0.15) is 5.56 Å². The Bertz CT molecular complexity index is 943. The number of para-hydroxylation sites is 1. The maximum absolute atomic E-state index is 13.4. The van der Waals surface area contributed by atoms with Gasteiger partial charge in [0.05, 0.1) is 22.3 Å². The molecule has 3 aromatic rings. The standard InChI is InChI=1S/C14H6F3N3S/c15-9-4-8(5-10(16)12(9)17)20-11-3-1-2-7(6-18)13(11)19-14(20)21/h1-5H,(H,19,21). The smallest absolute Gasteiger partial charge is 0.194 e. The Hall–Kier alpha value is -2.59. The fourth-order valence-electron chi connectivity index (χ4n) is 2.15. The Morgan fingerprint density at radius 3 is 2.43 bits per heavy atom. The van der Waals surface area contributed by atoms with Crippen LogP contribution in [0.4, 0.5) is 13.2 Å². The molecule has 0 atom stereocenters. The zero-order valence-electron chi connectivity index (χ0n) is 10.3. The summed E-state index contributed by atoms with van der Waals surface area (Å²) in [6.07, 6.45) is 0. The van der Waals surface area contributed by atoms with E-state index in [2.05, 4.69) is 4.98 Å². The highest BCUT2D eigenvalue weighted by Crippen LogP contribution is 2.24.